The van der Waals surface area contributed by atoms with Crippen LogP contribution in [0.4, 0.5) is 0 Å². The van der Waals surface area contributed by atoms with E-state index in [4.69, 9.17) is 11.6 Å². The highest BCUT2D eigenvalue weighted by Gasteiger charge is 2.18. The first-order valence-electron chi connectivity index (χ1n) is 5.77. The summed E-state index contributed by atoms with van der Waals surface area (Å²) in [7, 11) is -1.17. The highest BCUT2D eigenvalue weighted by atomic mass is 35.5. The van der Waals surface area contributed by atoms with Gasteiger partial charge in [0, 0.05) is 23.6 Å². The summed E-state index contributed by atoms with van der Waals surface area (Å²) in [5.41, 5.74) is 0.809. The Balaban J connectivity index is 0.00000162. The zero-order chi connectivity index (χ0) is 12.3. The molecular weight excluding hydrogens is 293 g/mol. The van der Waals surface area contributed by atoms with Crippen LogP contribution < -0.4 is 5.32 Å². The number of rotatable bonds is 3. The van der Waals surface area contributed by atoms with Gasteiger partial charge in [0.2, 0.25) is 5.16 Å². The van der Waals surface area contributed by atoms with Crippen molar-refractivity contribution < 1.29 is 4.21 Å². The van der Waals surface area contributed by atoms with Crippen molar-refractivity contribution in [2.75, 3.05) is 12.3 Å². The molecule has 0 radical (unpaired) electrons. The van der Waals surface area contributed by atoms with Gasteiger partial charge in [0.25, 0.3) is 0 Å². The first-order chi connectivity index (χ1) is 8.16. The zero-order valence-corrected chi connectivity index (χ0v) is 12.6. The molecule has 2 heterocycles. The second-order valence-electron chi connectivity index (χ2n) is 4.29. The number of hydrogen-bond acceptors (Lipinski definition) is 4. The molecule has 0 saturated carbocycles. The second-order valence-corrected chi connectivity index (χ2v) is 6.03. The number of aromatic nitrogens is 2. The van der Waals surface area contributed by atoms with Gasteiger partial charge < -0.3 is 5.32 Å². The van der Waals surface area contributed by atoms with E-state index in [0.29, 0.717) is 22.1 Å². The second kappa shape index (κ2) is 7.38. The van der Waals surface area contributed by atoms with Gasteiger partial charge in [-0.25, -0.2) is 9.97 Å². The molecule has 1 aliphatic heterocycles. The van der Waals surface area contributed by atoms with Crippen LogP contribution in [0.1, 0.15) is 24.8 Å². The molecule has 0 aliphatic carbocycles. The summed E-state index contributed by atoms with van der Waals surface area (Å²) in [6.07, 6.45) is 5.10. The van der Waals surface area contributed by atoms with Crippen molar-refractivity contribution in [1.82, 2.24) is 15.3 Å². The average Bonchev–Trinajstić information content (AvgIpc) is 2.34. The van der Waals surface area contributed by atoms with Crippen molar-refractivity contribution in [2.45, 2.75) is 37.4 Å². The highest BCUT2D eigenvalue weighted by Crippen LogP contribution is 2.14. The van der Waals surface area contributed by atoms with Crippen molar-refractivity contribution in [3.63, 3.8) is 0 Å². The van der Waals surface area contributed by atoms with Gasteiger partial charge in [0.05, 0.1) is 10.8 Å². The number of nitrogens with zero attached hydrogens (tertiary/aromatic N) is 2. The van der Waals surface area contributed by atoms with Gasteiger partial charge in [-0.15, -0.1) is 12.4 Å². The Bertz CT molecular complexity index is 425. The first-order valence-corrected chi connectivity index (χ1v) is 7.47. The predicted octanol–water partition coefficient (Wildman–Crippen LogP) is 2.11. The van der Waals surface area contributed by atoms with Gasteiger partial charge in [-0.3, -0.25) is 4.21 Å². The van der Waals surface area contributed by atoms with E-state index in [9.17, 15) is 4.21 Å². The van der Waals surface area contributed by atoms with E-state index >= 15 is 0 Å². The molecule has 1 fully saturated rings. The summed E-state index contributed by atoms with van der Waals surface area (Å²) >= 11 is 5.90. The minimum absolute atomic E-state index is 0. The molecule has 0 amide bonds. The van der Waals surface area contributed by atoms with E-state index in [2.05, 4.69) is 15.3 Å². The Morgan fingerprint density at radius 3 is 2.94 bits per heavy atom. The van der Waals surface area contributed by atoms with Crippen molar-refractivity contribution in [3.8, 4) is 0 Å². The van der Waals surface area contributed by atoms with Crippen LogP contribution in [0.3, 0.4) is 0 Å². The van der Waals surface area contributed by atoms with Crippen LogP contribution in [0.25, 0.3) is 0 Å². The Morgan fingerprint density at radius 2 is 2.33 bits per heavy atom. The molecule has 7 heteroatoms. The van der Waals surface area contributed by atoms with E-state index in [0.717, 1.165) is 18.5 Å². The van der Waals surface area contributed by atoms with Crippen LogP contribution in [-0.2, 0) is 10.8 Å². The lowest BCUT2D eigenvalue weighted by Gasteiger charge is -2.22. The fraction of sp³-hybridized carbons (Fsp3) is 0.636. The highest BCUT2D eigenvalue weighted by molar-refractivity contribution is 7.84. The average molecular weight is 310 g/mol. The molecule has 0 spiro atoms. The van der Waals surface area contributed by atoms with Crippen LogP contribution in [0, 0.1) is 6.92 Å². The molecule has 1 aromatic heterocycles. The Morgan fingerprint density at radius 1 is 1.56 bits per heavy atom. The van der Waals surface area contributed by atoms with E-state index in [1.807, 2.05) is 6.92 Å². The van der Waals surface area contributed by atoms with E-state index < -0.39 is 10.8 Å². The third-order valence-electron chi connectivity index (χ3n) is 2.86. The van der Waals surface area contributed by atoms with Gasteiger partial charge in [-0.1, -0.05) is 18.0 Å². The molecule has 2 atom stereocenters. The van der Waals surface area contributed by atoms with Crippen molar-refractivity contribution in [3.05, 3.63) is 16.9 Å². The third-order valence-corrected chi connectivity index (χ3v) is 4.55. The molecule has 2 rings (SSSR count). The number of aryl methyl sites for hydroxylation is 1. The van der Waals surface area contributed by atoms with Crippen LogP contribution in [0.2, 0.25) is 5.15 Å². The summed E-state index contributed by atoms with van der Waals surface area (Å²) in [4.78, 5) is 8.15. The van der Waals surface area contributed by atoms with Crippen molar-refractivity contribution >= 4 is 34.8 Å². The predicted molar refractivity (Wildman–Crippen MR) is 75.9 cm³/mol. The molecule has 1 N–H and O–H groups in total. The van der Waals surface area contributed by atoms with Crippen LogP contribution in [0.5, 0.6) is 0 Å². The number of hydrogen-bond donors (Lipinski definition) is 1. The fourth-order valence-corrected chi connectivity index (χ4v) is 3.18. The van der Waals surface area contributed by atoms with Crippen LogP contribution in [0.15, 0.2) is 11.4 Å². The molecule has 18 heavy (non-hydrogen) atoms. The fourth-order valence-electron chi connectivity index (χ4n) is 1.84. The Kier molecular flexibility index (Phi) is 6.49. The number of nitrogens with one attached hydrogen (secondary N) is 1. The van der Waals surface area contributed by atoms with Crippen molar-refractivity contribution in [2.24, 2.45) is 0 Å². The summed E-state index contributed by atoms with van der Waals surface area (Å²) in [5, 5.41) is 4.09. The van der Waals surface area contributed by atoms with Gasteiger partial charge >= 0.3 is 0 Å². The van der Waals surface area contributed by atoms with Gasteiger partial charge in [-0.05, 0) is 26.3 Å². The topological polar surface area (TPSA) is 54.9 Å². The SMILES string of the molecule is Cc1cnc(S(=O)CC2CCCCN2)nc1Cl.Cl. The van der Waals surface area contributed by atoms with Crippen LogP contribution in [-0.4, -0.2) is 32.5 Å². The zero-order valence-electron chi connectivity index (χ0n) is 10.2. The van der Waals surface area contributed by atoms with Gasteiger partial charge in [0.15, 0.2) is 0 Å². The molecule has 1 saturated heterocycles. The van der Waals surface area contributed by atoms with E-state index in [-0.39, 0.29) is 12.4 Å². The summed E-state index contributed by atoms with van der Waals surface area (Å²) in [6.45, 7) is 2.84. The number of piperidine rings is 1. The molecule has 1 aliphatic rings. The summed E-state index contributed by atoms with van der Waals surface area (Å²) < 4.78 is 12.1. The van der Waals surface area contributed by atoms with E-state index in [1.165, 1.54) is 12.8 Å². The minimum atomic E-state index is -1.17. The molecular formula is C11H17Cl2N3OS. The maximum Gasteiger partial charge on any atom is 0.219 e. The molecule has 0 aromatic carbocycles. The Hall–Kier alpha value is -0.230. The first kappa shape index (κ1) is 15.8. The van der Waals surface area contributed by atoms with Gasteiger partial charge in [-0.2, -0.15) is 0 Å². The smallest absolute Gasteiger partial charge is 0.219 e. The van der Waals surface area contributed by atoms with Crippen LogP contribution >= 0.6 is 24.0 Å². The lowest BCUT2D eigenvalue weighted by atomic mass is 10.1. The lowest BCUT2D eigenvalue weighted by Crippen LogP contribution is -2.38. The van der Waals surface area contributed by atoms with Crippen molar-refractivity contribution in [1.29, 1.82) is 0 Å². The molecule has 102 valence electrons. The summed E-state index contributed by atoms with van der Waals surface area (Å²) in [5.74, 6) is 0.569. The number of halogens is 2. The molecule has 4 nitrogen and oxygen atoms in total. The monoisotopic (exact) mass is 309 g/mol. The third kappa shape index (κ3) is 4.16. The standard InChI is InChI=1S/C11H16ClN3OS.ClH/c1-8-6-14-11(15-10(8)12)17(16)7-9-4-2-3-5-13-9;/h6,9,13H,2-5,7H2,1H3;1H. The Labute approximate surface area is 121 Å². The minimum Gasteiger partial charge on any atom is -0.313 e. The van der Waals surface area contributed by atoms with E-state index in [1.54, 1.807) is 6.20 Å². The summed E-state index contributed by atoms with van der Waals surface area (Å²) in [6, 6.07) is 0.313. The molecule has 0 bridgehead atoms. The largest absolute Gasteiger partial charge is 0.313 e. The quantitative estimate of drug-likeness (QED) is 0.686. The lowest BCUT2D eigenvalue weighted by molar-refractivity contribution is 0.427. The normalized spacial score (nSPS) is 21.1. The maximum atomic E-state index is 12.1. The molecule has 2 unspecified atom stereocenters. The maximum absolute atomic E-state index is 12.1. The molecule has 1 aromatic rings. The van der Waals surface area contributed by atoms with Gasteiger partial charge in [0.1, 0.15) is 5.15 Å².